The van der Waals surface area contributed by atoms with Gasteiger partial charge < -0.3 is 10.4 Å². The van der Waals surface area contributed by atoms with Crippen LogP contribution in [0.15, 0.2) is 36.9 Å². The topological polar surface area (TPSA) is 32.3 Å². The van der Waals surface area contributed by atoms with Crippen LogP contribution in [0, 0.1) is 5.92 Å². The van der Waals surface area contributed by atoms with Crippen LogP contribution in [0.4, 0.5) is 0 Å². The molecule has 2 nitrogen and oxygen atoms in total. The summed E-state index contributed by atoms with van der Waals surface area (Å²) in [6.07, 6.45) is 2.96. The van der Waals surface area contributed by atoms with E-state index < -0.39 is 0 Å². The Kier molecular flexibility index (Phi) is 5.06. The molecule has 0 fully saturated rings. The predicted molar refractivity (Wildman–Crippen MR) is 68.4 cm³/mol. The molecule has 0 heterocycles. The Morgan fingerprint density at radius 3 is 2.69 bits per heavy atom. The molecule has 0 saturated heterocycles. The number of phenolic OH excluding ortho intramolecular Hbond substituents is 1. The smallest absolute Gasteiger partial charge is 0.120 e. The van der Waals surface area contributed by atoms with Crippen LogP contribution in [0.5, 0.6) is 5.75 Å². The molecule has 0 spiro atoms. The number of aromatic hydroxyl groups is 1. The zero-order valence-electron chi connectivity index (χ0n) is 10.1. The molecule has 88 valence electrons. The number of rotatable bonds is 6. The van der Waals surface area contributed by atoms with Gasteiger partial charge in [0.1, 0.15) is 5.75 Å². The fourth-order valence-corrected chi connectivity index (χ4v) is 1.60. The normalized spacial score (nSPS) is 14.4. The molecule has 2 N–H and O–H groups in total. The van der Waals surface area contributed by atoms with E-state index in [9.17, 15) is 5.11 Å². The highest BCUT2D eigenvalue weighted by atomic mass is 16.3. The lowest BCUT2D eigenvalue weighted by molar-refractivity contribution is 0.396. The van der Waals surface area contributed by atoms with Crippen LogP contribution in [0.2, 0.25) is 0 Å². The van der Waals surface area contributed by atoms with Gasteiger partial charge in [-0.3, -0.25) is 0 Å². The number of nitrogens with one attached hydrogen (secondary N) is 1. The average molecular weight is 219 g/mol. The molecule has 0 saturated carbocycles. The molecule has 1 aromatic rings. The minimum Gasteiger partial charge on any atom is -0.508 e. The maximum absolute atomic E-state index is 9.61. The van der Waals surface area contributed by atoms with Crippen molar-refractivity contribution < 1.29 is 5.11 Å². The summed E-state index contributed by atoms with van der Waals surface area (Å²) in [4.78, 5) is 0. The number of hydrogen-bond donors (Lipinski definition) is 2. The predicted octanol–water partition coefficient (Wildman–Crippen LogP) is 3.08. The molecule has 0 aromatic heterocycles. The third-order valence-corrected chi connectivity index (χ3v) is 3.00. The van der Waals surface area contributed by atoms with Gasteiger partial charge in [0.05, 0.1) is 0 Å². The van der Waals surface area contributed by atoms with Crippen LogP contribution < -0.4 is 5.32 Å². The van der Waals surface area contributed by atoms with Crippen LogP contribution in [0.25, 0.3) is 0 Å². The lowest BCUT2D eigenvalue weighted by atomic mass is 9.99. The Hall–Kier alpha value is -1.28. The number of hydrogen-bond acceptors (Lipinski definition) is 2. The van der Waals surface area contributed by atoms with E-state index in [0.29, 0.717) is 24.3 Å². The van der Waals surface area contributed by atoms with Crippen LogP contribution in [-0.4, -0.2) is 11.1 Å². The van der Waals surface area contributed by atoms with Crippen molar-refractivity contribution in [2.75, 3.05) is 0 Å². The Labute approximate surface area is 98.0 Å². The summed E-state index contributed by atoms with van der Waals surface area (Å²) in [6, 6.07) is 7.84. The first kappa shape index (κ1) is 12.8. The highest BCUT2D eigenvalue weighted by Crippen LogP contribution is 2.16. The second-order valence-corrected chi connectivity index (χ2v) is 4.30. The minimum absolute atomic E-state index is 0.360. The first-order valence-corrected chi connectivity index (χ1v) is 5.76. The monoisotopic (exact) mass is 219 g/mol. The van der Waals surface area contributed by atoms with E-state index in [1.807, 2.05) is 24.3 Å². The second kappa shape index (κ2) is 6.33. The van der Waals surface area contributed by atoms with E-state index in [-0.39, 0.29) is 0 Å². The Morgan fingerprint density at radius 2 is 2.06 bits per heavy atom. The summed E-state index contributed by atoms with van der Waals surface area (Å²) >= 11 is 0. The van der Waals surface area contributed by atoms with Gasteiger partial charge in [-0.2, -0.15) is 0 Å². The van der Waals surface area contributed by atoms with Gasteiger partial charge in [-0.25, -0.2) is 0 Å². The molecule has 1 aromatic carbocycles. The van der Waals surface area contributed by atoms with Crippen molar-refractivity contribution in [3.63, 3.8) is 0 Å². The van der Waals surface area contributed by atoms with Crippen molar-refractivity contribution in [2.24, 2.45) is 5.92 Å². The van der Waals surface area contributed by atoms with Crippen LogP contribution in [0.3, 0.4) is 0 Å². The fraction of sp³-hybridized carbons (Fsp3) is 0.429. The van der Waals surface area contributed by atoms with E-state index >= 15 is 0 Å². The highest BCUT2D eigenvalue weighted by Gasteiger charge is 2.10. The zero-order valence-corrected chi connectivity index (χ0v) is 10.1. The summed E-state index contributed by atoms with van der Waals surface area (Å²) < 4.78 is 0. The SMILES string of the molecule is C=CCC(C)C(C)NCc1ccccc1O. The molecular formula is C14H21NO. The highest BCUT2D eigenvalue weighted by molar-refractivity contribution is 5.31. The lowest BCUT2D eigenvalue weighted by Gasteiger charge is -2.20. The largest absolute Gasteiger partial charge is 0.508 e. The maximum Gasteiger partial charge on any atom is 0.120 e. The van der Waals surface area contributed by atoms with E-state index in [1.54, 1.807) is 6.07 Å². The van der Waals surface area contributed by atoms with E-state index in [2.05, 4.69) is 25.7 Å². The van der Waals surface area contributed by atoms with E-state index in [0.717, 1.165) is 12.0 Å². The number of allylic oxidation sites excluding steroid dienone is 1. The van der Waals surface area contributed by atoms with Gasteiger partial charge >= 0.3 is 0 Å². The van der Waals surface area contributed by atoms with Crippen LogP contribution in [0.1, 0.15) is 25.8 Å². The summed E-state index contributed by atoms with van der Waals surface area (Å²) in [5.41, 5.74) is 0.945. The Balaban J connectivity index is 2.45. The van der Waals surface area contributed by atoms with Gasteiger partial charge in [0.25, 0.3) is 0 Å². The molecule has 2 heteroatoms. The van der Waals surface area contributed by atoms with Crippen LogP contribution in [-0.2, 0) is 6.54 Å². The van der Waals surface area contributed by atoms with Gasteiger partial charge in [-0.15, -0.1) is 6.58 Å². The van der Waals surface area contributed by atoms with Gasteiger partial charge in [-0.05, 0) is 25.3 Å². The molecule has 0 radical (unpaired) electrons. The summed E-state index contributed by atoms with van der Waals surface area (Å²) in [7, 11) is 0. The van der Waals surface area contributed by atoms with Crippen molar-refractivity contribution >= 4 is 0 Å². The third kappa shape index (κ3) is 3.70. The van der Waals surface area contributed by atoms with Crippen molar-refractivity contribution in [1.29, 1.82) is 0 Å². The van der Waals surface area contributed by atoms with E-state index in [1.165, 1.54) is 0 Å². The first-order chi connectivity index (χ1) is 7.65. The molecular weight excluding hydrogens is 198 g/mol. The van der Waals surface area contributed by atoms with Crippen molar-refractivity contribution in [3.05, 3.63) is 42.5 Å². The van der Waals surface area contributed by atoms with Gasteiger partial charge in [0.15, 0.2) is 0 Å². The summed E-state index contributed by atoms with van der Waals surface area (Å²) in [6.45, 7) is 8.81. The second-order valence-electron chi connectivity index (χ2n) is 4.30. The number of benzene rings is 1. The molecule has 0 amide bonds. The third-order valence-electron chi connectivity index (χ3n) is 3.00. The summed E-state index contributed by atoms with van der Waals surface area (Å²) in [5, 5.41) is 13.0. The summed E-state index contributed by atoms with van der Waals surface area (Å²) in [5.74, 6) is 0.918. The number of para-hydroxylation sites is 1. The van der Waals surface area contributed by atoms with Gasteiger partial charge in [0, 0.05) is 18.2 Å². The Bertz CT molecular complexity index is 335. The molecule has 2 unspecified atom stereocenters. The molecule has 2 atom stereocenters. The van der Waals surface area contributed by atoms with Gasteiger partial charge in [0.2, 0.25) is 0 Å². The molecule has 0 aliphatic rings. The molecule has 16 heavy (non-hydrogen) atoms. The fourth-order valence-electron chi connectivity index (χ4n) is 1.60. The zero-order chi connectivity index (χ0) is 12.0. The lowest BCUT2D eigenvalue weighted by Crippen LogP contribution is -2.31. The molecule has 0 aliphatic carbocycles. The molecule has 0 bridgehead atoms. The van der Waals surface area contributed by atoms with E-state index in [4.69, 9.17) is 0 Å². The first-order valence-electron chi connectivity index (χ1n) is 5.76. The van der Waals surface area contributed by atoms with Crippen molar-refractivity contribution in [3.8, 4) is 5.75 Å². The molecule has 1 rings (SSSR count). The minimum atomic E-state index is 0.360. The average Bonchev–Trinajstić information content (AvgIpc) is 2.28. The van der Waals surface area contributed by atoms with Crippen molar-refractivity contribution in [2.45, 2.75) is 32.9 Å². The van der Waals surface area contributed by atoms with Crippen LogP contribution >= 0.6 is 0 Å². The molecule has 0 aliphatic heterocycles. The standard InChI is InChI=1S/C14H21NO/c1-4-7-11(2)12(3)15-10-13-8-5-6-9-14(13)16/h4-6,8-9,11-12,15-16H,1,7,10H2,2-3H3. The maximum atomic E-state index is 9.61. The quantitative estimate of drug-likeness (QED) is 0.721. The van der Waals surface area contributed by atoms with Gasteiger partial charge in [-0.1, -0.05) is 31.2 Å². The number of phenols is 1. The van der Waals surface area contributed by atoms with Crippen molar-refractivity contribution in [1.82, 2.24) is 5.32 Å². The Morgan fingerprint density at radius 1 is 1.38 bits per heavy atom.